The Morgan fingerprint density at radius 1 is 1.10 bits per heavy atom. The van der Waals surface area contributed by atoms with Gasteiger partial charge in [-0.2, -0.15) is 0 Å². The lowest BCUT2D eigenvalue weighted by atomic mass is 10.4. The van der Waals surface area contributed by atoms with E-state index in [9.17, 15) is 0 Å². The number of hydrogen-bond donors (Lipinski definition) is 0. The molecule has 0 aliphatic heterocycles. The van der Waals surface area contributed by atoms with Crippen LogP contribution >= 0.6 is 0 Å². The van der Waals surface area contributed by atoms with Crippen LogP contribution in [0, 0.1) is 6.92 Å². The number of imidazole rings is 1. The summed E-state index contributed by atoms with van der Waals surface area (Å²) in [4.78, 5) is 8.98. The normalized spacial score (nSPS) is 11.2. The first kappa shape index (κ1) is 11.0. The van der Waals surface area contributed by atoms with E-state index in [1.807, 2.05) is 47.9 Å². The first-order valence-corrected chi connectivity index (χ1v) is 6.27. The lowest BCUT2D eigenvalue weighted by Gasteiger charge is -2.02. The van der Waals surface area contributed by atoms with Crippen LogP contribution in [0.3, 0.4) is 0 Å². The second-order valence-electron chi connectivity index (χ2n) is 4.48. The highest BCUT2D eigenvalue weighted by atomic mass is 16.4. The van der Waals surface area contributed by atoms with Gasteiger partial charge in [0.1, 0.15) is 11.3 Å². The van der Waals surface area contributed by atoms with Gasteiger partial charge in [0.15, 0.2) is 17.2 Å². The molecule has 0 amide bonds. The minimum atomic E-state index is 0.676. The summed E-state index contributed by atoms with van der Waals surface area (Å²) >= 11 is 0. The Hall–Kier alpha value is -2.82. The van der Waals surface area contributed by atoms with E-state index in [2.05, 4.69) is 9.97 Å². The van der Waals surface area contributed by atoms with Gasteiger partial charge < -0.3 is 8.83 Å². The van der Waals surface area contributed by atoms with E-state index in [0.717, 1.165) is 16.9 Å². The van der Waals surface area contributed by atoms with Gasteiger partial charge in [0.2, 0.25) is 5.88 Å². The first-order valence-electron chi connectivity index (χ1n) is 6.27. The molecule has 5 heteroatoms. The SMILES string of the molecule is Cc1ccc(-n2c(-c3ccco3)nc3cccnc32)o1. The molecule has 4 aromatic rings. The molecule has 0 saturated carbocycles. The smallest absolute Gasteiger partial charge is 0.207 e. The van der Waals surface area contributed by atoms with Crippen LogP contribution in [-0.4, -0.2) is 14.5 Å². The van der Waals surface area contributed by atoms with Crippen LogP contribution in [0.25, 0.3) is 28.6 Å². The zero-order valence-electron chi connectivity index (χ0n) is 10.8. The number of aromatic nitrogens is 3. The van der Waals surface area contributed by atoms with Crippen LogP contribution in [0.5, 0.6) is 0 Å². The number of hydrogen-bond acceptors (Lipinski definition) is 4. The van der Waals surface area contributed by atoms with Crippen molar-refractivity contribution in [2.45, 2.75) is 6.92 Å². The summed E-state index contributed by atoms with van der Waals surface area (Å²) in [6.07, 6.45) is 3.36. The lowest BCUT2D eigenvalue weighted by Crippen LogP contribution is -1.96. The molecule has 98 valence electrons. The maximum absolute atomic E-state index is 5.72. The van der Waals surface area contributed by atoms with Gasteiger partial charge in [-0.1, -0.05) is 0 Å². The monoisotopic (exact) mass is 265 g/mol. The Morgan fingerprint density at radius 2 is 2.05 bits per heavy atom. The number of furan rings is 2. The molecule has 0 aliphatic rings. The maximum Gasteiger partial charge on any atom is 0.207 e. The molecule has 4 rings (SSSR count). The maximum atomic E-state index is 5.72. The molecular weight excluding hydrogens is 254 g/mol. The fourth-order valence-electron chi connectivity index (χ4n) is 2.23. The molecular formula is C15H11N3O2. The number of rotatable bonds is 2. The molecule has 0 unspecified atom stereocenters. The van der Waals surface area contributed by atoms with Gasteiger partial charge in [0.25, 0.3) is 0 Å². The molecule has 0 aliphatic carbocycles. The van der Waals surface area contributed by atoms with Crippen molar-refractivity contribution in [3.05, 3.63) is 54.6 Å². The fourth-order valence-corrected chi connectivity index (χ4v) is 2.23. The minimum Gasteiger partial charge on any atom is -0.461 e. The molecule has 0 bridgehead atoms. The first-order chi connectivity index (χ1) is 9.83. The molecule has 0 N–H and O–H groups in total. The number of nitrogens with zero attached hydrogens (tertiary/aromatic N) is 3. The highest BCUT2D eigenvalue weighted by Crippen LogP contribution is 2.28. The van der Waals surface area contributed by atoms with E-state index in [0.29, 0.717) is 17.5 Å². The second-order valence-corrected chi connectivity index (χ2v) is 4.48. The molecule has 20 heavy (non-hydrogen) atoms. The Bertz CT molecular complexity index is 872. The Balaban J connectivity index is 2.08. The third kappa shape index (κ3) is 1.56. The van der Waals surface area contributed by atoms with Gasteiger partial charge in [-0.05, 0) is 37.3 Å². The average Bonchev–Trinajstić information content (AvgIpc) is 3.16. The van der Waals surface area contributed by atoms with Gasteiger partial charge in [-0.25, -0.2) is 14.5 Å². The van der Waals surface area contributed by atoms with E-state index < -0.39 is 0 Å². The predicted molar refractivity (Wildman–Crippen MR) is 73.6 cm³/mol. The summed E-state index contributed by atoms with van der Waals surface area (Å²) in [7, 11) is 0. The van der Waals surface area contributed by atoms with Gasteiger partial charge in [-0.3, -0.25) is 0 Å². The second kappa shape index (κ2) is 4.09. The quantitative estimate of drug-likeness (QED) is 0.556. The summed E-state index contributed by atoms with van der Waals surface area (Å²) in [5.41, 5.74) is 1.54. The highest BCUT2D eigenvalue weighted by Gasteiger charge is 2.18. The number of pyridine rings is 1. The van der Waals surface area contributed by atoms with E-state index in [1.54, 1.807) is 12.5 Å². The summed E-state index contributed by atoms with van der Waals surface area (Å²) in [6, 6.07) is 11.3. The highest BCUT2D eigenvalue weighted by molar-refractivity contribution is 5.78. The van der Waals surface area contributed by atoms with Gasteiger partial charge >= 0.3 is 0 Å². The molecule has 0 fully saturated rings. The van der Waals surface area contributed by atoms with Crippen molar-refractivity contribution in [1.82, 2.24) is 14.5 Å². The largest absolute Gasteiger partial charge is 0.461 e. The standard InChI is InChI=1S/C15H11N3O2/c1-10-6-7-13(20-10)18-14-11(4-2-8-16-14)17-15(18)12-5-3-9-19-12/h2-9H,1H3. The number of fused-ring (bicyclic) bond motifs is 1. The molecule has 0 radical (unpaired) electrons. The predicted octanol–water partition coefficient (Wildman–Crippen LogP) is 3.58. The zero-order chi connectivity index (χ0) is 13.5. The zero-order valence-corrected chi connectivity index (χ0v) is 10.8. The van der Waals surface area contributed by atoms with E-state index >= 15 is 0 Å². The van der Waals surface area contributed by atoms with Crippen molar-refractivity contribution in [3.8, 4) is 17.5 Å². The van der Waals surface area contributed by atoms with Crippen molar-refractivity contribution in [2.24, 2.45) is 0 Å². The van der Waals surface area contributed by atoms with Crippen LogP contribution in [0.2, 0.25) is 0 Å². The molecule has 0 spiro atoms. The van der Waals surface area contributed by atoms with E-state index in [4.69, 9.17) is 8.83 Å². The van der Waals surface area contributed by atoms with E-state index in [1.165, 1.54) is 0 Å². The topological polar surface area (TPSA) is 57.0 Å². The molecule has 0 atom stereocenters. The van der Waals surface area contributed by atoms with Crippen molar-refractivity contribution >= 4 is 11.2 Å². The van der Waals surface area contributed by atoms with E-state index in [-0.39, 0.29) is 0 Å². The Labute approximate surface area is 114 Å². The summed E-state index contributed by atoms with van der Waals surface area (Å²) in [5, 5.41) is 0. The van der Waals surface area contributed by atoms with Crippen LogP contribution in [-0.2, 0) is 0 Å². The van der Waals surface area contributed by atoms with Gasteiger partial charge in [0, 0.05) is 12.3 Å². The van der Waals surface area contributed by atoms with Crippen molar-refractivity contribution < 1.29 is 8.83 Å². The molecule has 0 saturated heterocycles. The van der Waals surface area contributed by atoms with Crippen molar-refractivity contribution in [3.63, 3.8) is 0 Å². The Kier molecular flexibility index (Phi) is 2.26. The molecule has 0 aromatic carbocycles. The molecule has 4 heterocycles. The van der Waals surface area contributed by atoms with Crippen LogP contribution in [0.15, 0.2) is 57.7 Å². The third-order valence-electron chi connectivity index (χ3n) is 3.10. The number of aryl methyl sites for hydroxylation is 1. The summed E-state index contributed by atoms with van der Waals surface area (Å²) in [6.45, 7) is 1.91. The Morgan fingerprint density at radius 3 is 2.80 bits per heavy atom. The lowest BCUT2D eigenvalue weighted by molar-refractivity contribution is 0.510. The van der Waals surface area contributed by atoms with Crippen LogP contribution in [0.4, 0.5) is 0 Å². The van der Waals surface area contributed by atoms with Crippen molar-refractivity contribution in [2.75, 3.05) is 0 Å². The third-order valence-corrected chi connectivity index (χ3v) is 3.10. The van der Waals surface area contributed by atoms with Gasteiger partial charge in [-0.15, -0.1) is 0 Å². The van der Waals surface area contributed by atoms with Crippen LogP contribution < -0.4 is 0 Å². The van der Waals surface area contributed by atoms with Crippen LogP contribution in [0.1, 0.15) is 5.76 Å². The molecule has 4 aromatic heterocycles. The summed E-state index contributed by atoms with van der Waals surface area (Å²) in [5.74, 6) is 2.87. The minimum absolute atomic E-state index is 0.676. The van der Waals surface area contributed by atoms with Gasteiger partial charge in [0.05, 0.1) is 6.26 Å². The fraction of sp³-hybridized carbons (Fsp3) is 0.0667. The van der Waals surface area contributed by atoms with Crippen molar-refractivity contribution in [1.29, 1.82) is 0 Å². The summed E-state index contributed by atoms with van der Waals surface area (Å²) < 4.78 is 13.0. The average molecular weight is 265 g/mol. The molecule has 5 nitrogen and oxygen atoms in total.